The van der Waals surface area contributed by atoms with Gasteiger partial charge >= 0.3 is 6.79 Å². The topological polar surface area (TPSA) is 36.9 Å². The third-order valence-electron chi connectivity index (χ3n) is 0.282. The van der Waals surface area contributed by atoms with Gasteiger partial charge in [0.25, 0.3) is 0 Å². The molecule has 0 aliphatic carbocycles. The summed E-state index contributed by atoms with van der Waals surface area (Å²) in [6, 6.07) is 0. The minimum atomic E-state index is -0.00694. The fourth-order valence-electron chi connectivity index (χ4n) is 0.130. The third-order valence-corrected chi connectivity index (χ3v) is 0.282. The normalized spacial score (nSPS) is 24.0. The van der Waals surface area contributed by atoms with Gasteiger partial charge in [-0.05, 0) is 0 Å². The van der Waals surface area contributed by atoms with Gasteiger partial charge in [0.1, 0.15) is 0 Å². The second kappa shape index (κ2) is 2.09. The first-order valence-corrected chi connectivity index (χ1v) is 1.32. The SMILES string of the molecule is [C]1OOCOO1. The second-order valence-corrected chi connectivity index (χ2v) is 0.604. The molecule has 4 heteroatoms. The molecule has 6 heavy (non-hydrogen) atoms. The molecular weight excluding hydrogens is 88.0 g/mol. The lowest BCUT2D eigenvalue weighted by Gasteiger charge is -2.05. The zero-order chi connectivity index (χ0) is 4.24. The number of rotatable bonds is 0. The summed E-state index contributed by atoms with van der Waals surface area (Å²) in [5.74, 6) is 0. The van der Waals surface area contributed by atoms with Crippen LogP contribution in [0.1, 0.15) is 0 Å². The fraction of sp³-hybridized carbons (Fsp3) is 0.500. The van der Waals surface area contributed by atoms with E-state index in [-0.39, 0.29) is 6.79 Å². The van der Waals surface area contributed by atoms with Crippen molar-refractivity contribution in [2.24, 2.45) is 0 Å². The molecule has 0 N–H and O–H groups in total. The number of hydrogen-bond acceptors (Lipinski definition) is 4. The zero-order valence-corrected chi connectivity index (χ0v) is 2.84. The molecule has 1 rings (SSSR count). The molecule has 0 spiro atoms. The molecule has 0 aromatic carbocycles. The van der Waals surface area contributed by atoms with Crippen LogP contribution in [-0.4, -0.2) is 6.79 Å². The maximum atomic E-state index is 4.11. The summed E-state index contributed by atoms with van der Waals surface area (Å²) in [6.07, 6.45) is 0. The van der Waals surface area contributed by atoms with Crippen LogP contribution in [0.4, 0.5) is 0 Å². The Hall–Kier alpha value is -0.160. The standard InChI is InChI=1S/C2H2O4/c1-3-5-2-6-4-1/h1H2. The van der Waals surface area contributed by atoms with Crippen LogP contribution < -0.4 is 0 Å². The van der Waals surface area contributed by atoms with E-state index in [4.69, 9.17) is 0 Å². The van der Waals surface area contributed by atoms with Crippen molar-refractivity contribution >= 4 is 0 Å². The molecule has 0 unspecified atom stereocenters. The first-order chi connectivity index (χ1) is 3.00. The van der Waals surface area contributed by atoms with Crippen LogP contribution in [0.3, 0.4) is 0 Å². The highest BCUT2D eigenvalue weighted by atomic mass is 17.4. The van der Waals surface area contributed by atoms with Crippen LogP contribution in [0.2, 0.25) is 0 Å². The van der Waals surface area contributed by atoms with Crippen LogP contribution in [-0.2, 0) is 19.6 Å². The van der Waals surface area contributed by atoms with Crippen LogP contribution in [0.25, 0.3) is 0 Å². The lowest BCUT2D eigenvalue weighted by Crippen LogP contribution is -2.07. The molecule has 1 saturated heterocycles. The Balaban J connectivity index is 2.00. The Morgan fingerprint density at radius 2 is 1.83 bits per heavy atom. The summed E-state index contributed by atoms with van der Waals surface area (Å²) >= 11 is 0. The van der Waals surface area contributed by atoms with Crippen molar-refractivity contribution in [1.29, 1.82) is 0 Å². The lowest BCUT2D eigenvalue weighted by atomic mass is 11.4. The Morgan fingerprint density at radius 1 is 1.17 bits per heavy atom. The molecule has 4 nitrogen and oxygen atoms in total. The van der Waals surface area contributed by atoms with E-state index in [2.05, 4.69) is 19.6 Å². The van der Waals surface area contributed by atoms with Gasteiger partial charge in [-0.15, -0.1) is 0 Å². The van der Waals surface area contributed by atoms with E-state index < -0.39 is 0 Å². The van der Waals surface area contributed by atoms with Gasteiger partial charge in [-0.25, -0.2) is 9.78 Å². The lowest BCUT2D eigenvalue weighted by molar-refractivity contribution is -0.491. The van der Waals surface area contributed by atoms with E-state index in [1.54, 1.807) is 0 Å². The van der Waals surface area contributed by atoms with E-state index in [0.29, 0.717) is 0 Å². The molecule has 1 fully saturated rings. The van der Waals surface area contributed by atoms with E-state index in [9.17, 15) is 0 Å². The molecule has 34 valence electrons. The van der Waals surface area contributed by atoms with Crippen molar-refractivity contribution < 1.29 is 19.6 Å². The molecule has 0 bridgehead atoms. The van der Waals surface area contributed by atoms with E-state index >= 15 is 0 Å². The number of hydrogen-bond donors (Lipinski definition) is 0. The van der Waals surface area contributed by atoms with Crippen molar-refractivity contribution in [3.05, 3.63) is 6.79 Å². The predicted molar refractivity (Wildman–Crippen MR) is 12.5 cm³/mol. The average molecular weight is 90.0 g/mol. The average Bonchev–Trinajstić information content (AvgIpc) is 1.72. The Kier molecular flexibility index (Phi) is 1.40. The summed E-state index contributed by atoms with van der Waals surface area (Å²) in [5.41, 5.74) is 0. The van der Waals surface area contributed by atoms with Gasteiger partial charge in [-0.3, -0.25) is 0 Å². The molecule has 0 amide bonds. The molecule has 0 atom stereocenters. The quantitative estimate of drug-likeness (QED) is 0.387. The maximum Gasteiger partial charge on any atom is 0.362 e. The maximum absolute atomic E-state index is 4.11. The molecule has 1 heterocycles. The summed E-state index contributed by atoms with van der Waals surface area (Å²) in [7, 11) is 0. The minimum Gasteiger partial charge on any atom is -0.201 e. The Labute approximate surface area is 34.4 Å². The molecule has 0 aromatic heterocycles. The van der Waals surface area contributed by atoms with Gasteiger partial charge in [-0.2, -0.15) is 9.78 Å². The first kappa shape index (κ1) is 4.01. The first-order valence-electron chi connectivity index (χ1n) is 1.32. The van der Waals surface area contributed by atoms with Gasteiger partial charge < -0.3 is 0 Å². The largest absolute Gasteiger partial charge is 0.362 e. The van der Waals surface area contributed by atoms with Crippen LogP contribution in [0.15, 0.2) is 0 Å². The molecule has 2 radical (unpaired) electrons. The minimum absolute atomic E-state index is 0.00694. The summed E-state index contributed by atoms with van der Waals surface area (Å²) in [4.78, 5) is 16.2. The van der Waals surface area contributed by atoms with Crippen molar-refractivity contribution in [2.45, 2.75) is 0 Å². The van der Waals surface area contributed by atoms with Crippen LogP contribution in [0.5, 0.6) is 0 Å². The van der Waals surface area contributed by atoms with Gasteiger partial charge in [0.2, 0.25) is 6.79 Å². The van der Waals surface area contributed by atoms with Crippen molar-refractivity contribution in [3.8, 4) is 0 Å². The summed E-state index contributed by atoms with van der Waals surface area (Å²) in [5, 5.41) is 0. The van der Waals surface area contributed by atoms with Crippen molar-refractivity contribution in [3.63, 3.8) is 0 Å². The fourth-order valence-corrected chi connectivity index (χ4v) is 0.130. The molecule has 1 aliphatic rings. The van der Waals surface area contributed by atoms with Crippen LogP contribution in [0, 0.1) is 6.79 Å². The van der Waals surface area contributed by atoms with Gasteiger partial charge in [0.15, 0.2) is 0 Å². The Morgan fingerprint density at radius 3 is 2.00 bits per heavy atom. The van der Waals surface area contributed by atoms with Gasteiger partial charge in [0.05, 0.1) is 0 Å². The van der Waals surface area contributed by atoms with E-state index in [1.165, 1.54) is 0 Å². The summed E-state index contributed by atoms with van der Waals surface area (Å²) < 4.78 is 0. The summed E-state index contributed by atoms with van der Waals surface area (Å²) in [6.45, 7) is 1.83. The van der Waals surface area contributed by atoms with Gasteiger partial charge in [0, 0.05) is 0 Å². The van der Waals surface area contributed by atoms with E-state index in [1.807, 2.05) is 6.79 Å². The highest BCUT2D eigenvalue weighted by Crippen LogP contribution is 1.94. The predicted octanol–water partition coefficient (Wildman–Crippen LogP) is -0.150. The molecular formula is C2H2O4. The smallest absolute Gasteiger partial charge is 0.201 e. The monoisotopic (exact) mass is 90.0 g/mol. The second-order valence-electron chi connectivity index (χ2n) is 0.604. The Bertz CT molecular complexity index is 21.0. The third kappa shape index (κ3) is 0.908. The highest BCUT2D eigenvalue weighted by molar-refractivity contribution is 4.10. The molecule has 0 saturated carbocycles. The molecule has 1 aliphatic heterocycles. The molecule has 0 aromatic rings. The van der Waals surface area contributed by atoms with Crippen molar-refractivity contribution in [2.75, 3.05) is 6.79 Å². The van der Waals surface area contributed by atoms with Gasteiger partial charge in [-0.1, -0.05) is 0 Å². The van der Waals surface area contributed by atoms with Crippen LogP contribution >= 0.6 is 0 Å². The zero-order valence-electron chi connectivity index (χ0n) is 2.84. The van der Waals surface area contributed by atoms with Crippen molar-refractivity contribution in [1.82, 2.24) is 0 Å². The van der Waals surface area contributed by atoms with E-state index in [0.717, 1.165) is 0 Å². The highest BCUT2D eigenvalue weighted by Gasteiger charge is 1.99.